The Labute approximate surface area is 220 Å². The third kappa shape index (κ3) is 5.15. The minimum absolute atomic E-state index is 0.0316. The van der Waals surface area contributed by atoms with Crippen molar-refractivity contribution in [3.63, 3.8) is 0 Å². The number of hydrogen-bond acceptors (Lipinski definition) is 6. The SMILES string of the molecule is CC(C)N(C)C(=O)c1coc(COc2ccc3c(c2)[C@@H](c2ccccc2)N(C(=O)c2cccs2)CC3)n1. The largest absolute Gasteiger partial charge is 0.484 e. The highest BCUT2D eigenvalue weighted by Crippen LogP contribution is 2.38. The number of rotatable bonds is 7. The van der Waals surface area contributed by atoms with Gasteiger partial charge in [-0.2, -0.15) is 0 Å². The first kappa shape index (κ1) is 24.8. The molecule has 2 amide bonds. The van der Waals surface area contributed by atoms with Crippen LogP contribution < -0.4 is 4.74 Å². The van der Waals surface area contributed by atoms with Crippen LogP contribution in [0.5, 0.6) is 5.75 Å². The van der Waals surface area contributed by atoms with Crippen molar-refractivity contribution in [1.82, 2.24) is 14.8 Å². The summed E-state index contributed by atoms with van der Waals surface area (Å²) < 4.78 is 11.5. The molecule has 0 saturated heterocycles. The Hall–Kier alpha value is -3.91. The molecule has 0 radical (unpaired) electrons. The fraction of sp³-hybridized carbons (Fsp3) is 0.276. The lowest BCUT2D eigenvalue weighted by molar-refractivity contribution is 0.0698. The molecule has 0 bridgehead atoms. The standard InChI is InChI=1S/C29H29N3O4S/c1-19(2)31(3)28(33)24-17-36-26(30-24)18-35-22-12-11-20-13-14-32(29(34)25-10-7-15-37-25)27(23(20)16-22)21-8-5-4-6-9-21/h4-12,15-17,19,27H,13-14,18H2,1-3H3/t27-/m1/s1. The molecule has 1 aliphatic heterocycles. The number of fused-ring (bicyclic) bond motifs is 1. The van der Waals surface area contributed by atoms with Crippen LogP contribution in [0, 0.1) is 0 Å². The van der Waals surface area contributed by atoms with Gasteiger partial charge in [0.25, 0.3) is 11.8 Å². The predicted molar refractivity (Wildman–Crippen MR) is 142 cm³/mol. The van der Waals surface area contributed by atoms with Crippen molar-refractivity contribution in [1.29, 1.82) is 0 Å². The molecule has 7 nitrogen and oxygen atoms in total. The summed E-state index contributed by atoms with van der Waals surface area (Å²) in [5, 5.41) is 1.93. The molecule has 2 aromatic carbocycles. The summed E-state index contributed by atoms with van der Waals surface area (Å²) in [7, 11) is 1.74. The summed E-state index contributed by atoms with van der Waals surface area (Å²) >= 11 is 1.46. The minimum Gasteiger partial charge on any atom is -0.484 e. The number of ether oxygens (including phenoxy) is 1. The van der Waals surface area contributed by atoms with E-state index in [1.807, 2.05) is 66.6 Å². The molecule has 0 aliphatic carbocycles. The average molecular weight is 516 g/mol. The smallest absolute Gasteiger partial charge is 0.275 e. The number of carbonyl (C=O) groups excluding carboxylic acids is 2. The molecule has 8 heteroatoms. The zero-order valence-corrected chi connectivity index (χ0v) is 21.9. The molecule has 1 atom stereocenters. The zero-order valence-electron chi connectivity index (χ0n) is 21.1. The first-order valence-electron chi connectivity index (χ1n) is 12.3. The highest BCUT2D eigenvalue weighted by Gasteiger charge is 2.33. The van der Waals surface area contributed by atoms with E-state index < -0.39 is 0 Å². The van der Waals surface area contributed by atoms with Crippen molar-refractivity contribution in [2.45, 2.75) is 39.0 Å². The van der Waals surface area contributed by atoms with E-state index >= 15 is 0 Å². The van der Waals surface area contributed by atoms with Gasteiger partial charge in [0, 0.05) is 19.6 Å². The Bertz CT molecular complexity index is 1380. The summed E-state index contributed by atoms with van der Waals surface area (Å²) in [5.74, 6) is 0.812. The second-order valence-electron chi connectivity index (χ2n) is 9.32. The van der Waals surface area contributed by atoms with Crippen LogP contribution in [-0.2, 0) is 13.0 Å². The molecule has 0 saturated carbocycles. The van der Waals surface area contributed by atoms with Gasteiger partial charge in [-0.1, -0.05) is 42.5 Å². The van der Waals surface area contributed by atoms with Gasteiger partial charge in [-0.05, 0) is 60.5 Å². The van der Waals surface area contributed by atoms with Gasteiger partial charge in [0.05, 0.1) is 10.9 Å². The Balaban J connectivity index is 1.39. The van der Waals surface area contributed by atoms with Crippen molar-refractivity contribution >= 4 is 23.2 Å². The second-order valence-corrected chi connectivity index (χ2v) is 10.3. The number of thiophene rings is 1. The third-order valence-electron chi connectivity index (χ3n) is 6.68. The maximum absolute atomic E-state index is 13.5. The van der Waals surface area contributed by atoms with Crippen molar-refractivity contribution < 1.29 is 18.7 Å². The van der Waals surface area contributed by atoms with E-state index in [1.54, 1.807) is 11.9 Å². The van der Waals surface area contributed by atoms with Crippen LogP contribution in [0.3, 0.4) is 0 Å². The van der Waals surface area contributed by atoms with Gasteiger partial charge in [0.15, 0.2) is 12.3 Å². The number of benzene rings is 2. The lowest BCUT2D eigenvalue weighted by Crippen LogP contribution is -2.40. The first-order chi connectivity index (χ1) is 17.9. The molecule has 190 valence electrons. The van der Waals surface area contributed by atoms with Crippen LogP contribution in [0.4, 0.5) is 0 Å². The fourth-order valence-corrected chi connectivity index (χ4v) is 5.15. The van der Waals surface area contributed by atoms with E-state index in [0.29, 0.717) is 18.2 Å². The van der Waals surface area contributed by atoms with Crippen LogP contribution in [0.15, 0.2) is 76.7 Å². The lowest BCUT2D eigenvalue weighted by atomic mass is 9.88. The van der Waals surface area contributed by atoms with Gasteiger partial charge in [-0.15, -0.1) is 11.3 Å². The second kappa shape index (κ2) is 10.6. The van der Waals surface area contributed by atoms with Crippen molar-refractivity contribution in [3.05, 3.63) is 105 Å². The van der Waals surface area contributed by atoms with Gasteiger partial charge < -0.3 is 19.0 Å². The van der Waals surface area contributed by atoms with Crippen LogP contribution in [0.2, 0.25) is 0 Å². The van der Waals surface area contributed by atoms with Gasteiger partial charge >= 0.3 is 0 Å². The molecule has 0 spiro atoms. The van der Waals surface area contributed by atoms with E-state index in [1.165, 1.54) is 23.2 Å². The third-order valence-corrected chi connectivity index (χ3v) is 7.54. The monoisotopic (exact) mass is 515 g/mol. The average Bonchev–Trinajstić information content (AvgIpc) is 3.63. The summed E-state index contributed by atoms with van der Waals surface area (Å²) in [6.07, 6.45) is 2.14. The molecule has 4 aromatic rings. The Morgan fingerprint density at radius 2 is 1.97 bits per heavy atom. The summed E-state index contributed by atoms with van der Waals surface area (Å²) in [5.41, 5.74) is 3.54. The molecular weight excluding hydrogens is 486 g/mol. The number of nitrogens with zero attached hydrogens (tertiary/aromatic N) is 3. The normalized spacial score (nSPS) is 14.9. The molecule has 37 heavy (non-hydrogen) atoms. The lowest BCUT2D eigenvalue weighted by Gasteiger charge is -2.37. The van der Waals surface area contributed by atoms with E-state index in [9.17, 15) is 9.59 Å². The van der Waals surface area contributed by atoms with E-state index in [0.717, 1.165) is 22.4 Å². The Morgan fingerprint density at radius 1 is 1.16 bits per heavy atom. The minimum atomic E-state index is -0.222. The summed E-state index contributed by atoms with van der Waals surface area (Å²) in [6, 6.07) is 19.7. The molecule has 1 aliphatic rings. The predicted octanol–water partition coefficient (Wildman–Crippen LogP) is 5.58. The Morgan fingerprint density at radius 3 is 2.70 bits per heavy atom. The quantitative estimate of drug-likeness (QED) is 0.321. The summed E-state index contributed by atoms with van der Waals surface area (Å²) in [4.78, 5) is 34.6. The molecule has 0 unspecified atom stereocenters. The molecule has 0 N–H and O–H groups in total. The van der Waals surface area contributed by atoms with E-state index in [-0.39, 0.29) is 36.2 Å². The zero-order chi connectivity index (χ0) is 25.9. The van der Waals surface area contributed by atoms with Crippen LogP contribution in [0.25, 0.3) is 0 Å². The number of aromatic nitrogens is 1. The number of oxazole rings is 1. The maximum Gasteiger partial charge on any atom is 0.275 e. The van der Waals surface area contributed by atoms with Gasteiger partial charge in [-0.25, -0.2) is 4.98 Å². The molecule has 3 heterocycles. The van der Waals surface area contributed by atoms with Crippen molar-refractivity contribution in [2.75, 3.05) is 13.6 Å². The molecule has 5 rings (SSSR count). The van der Waals surface area contributed by atoms with Gasteiger partial charge in [0.1, 0.15) is 12.0 Å². The molecule has 0 fully saturated rings. The topological polar surface area (TPSA) is 75.9 Å². The van der Waals surface area contributed by atoms with E-state index in [4.69, 9.17) is 9.15 Å². The van der Waals surface area contributed by atoms with Crippen molar-refractivity contribution in [3.8, 4) is 5.75 Å². The van der Waals surface area contributed by atoms with Crippen LogP contribution in [0.1, 0.15) is 62.6 Å². The number of hydrogen-bond donors (Lipinski definition) is 0. The maximum atomic E-state index is 13.5. The molecular formula is C29H29N3O4S. The highest BCUT2D eigenvalue weighted by atomic mass is 32.1. The van der Waals surface area contributed by atoms with Crippen LogP contribution >= 0.6 is 11.3 Å². The Kier molecular flexibility index (Phi) is 7.10. The van der Waals surface area contributed by atoms with Gasteiger partial charge in [0.2, 0.25) is 5.89 Å². The van der Waals surface area contributed by atoms with Crippen LogP contribution in [-0.4, -0.2) is 46.2 Å². The highest BCUT2D eigenvalue weighted by molar-refractivity contribution is 7.12. The summed E-state index contributed by atoms with van der Waals surface area (Å²) in [6.45, 7) is 4.61. The van der Waals surface area contributed by atoms with Gasteiger partial charge in [-0.3, -0.25) is 9.59 Å². The fourth-order valence-electron chi connectivity index (χ4n) is 4.47. The van der Waals surface area contributed by atoms with Crippen molar-refractivity contribution in [2.24, 2.45) is 0 Å². The first-order valence-corrected chi connectivity index (χ1v) is 13.2. The number of amides is 2. The number of carbonyl (C=O) groups is 2. The molecule has 2 aromatic heterocycles. The van der Waals surface area contributed by atoms with E-state index in [2.05, 4.69) is 23.2 Å².